The molecule has 0 fully saturated rings. The Morgan fingerprint density at radius 1 is 0.862 bits per heavy atom. The van der Waals surface area contributed by atoms with E-state index in [1.807, 2.05) is 72.9 Å². The topological polar surface area (TPSA) is 49.9 Å². The van der Waals surface area contributed by atoms with Gasteiger partial charge in [0.2, 0.25) is 0 Å². The first-order chi connectivity index (χ1) is 13.8. The fraction of sp³-hybridized carbons (Fsp3) is 0.130. The maximum atomic E-state index is 11.9. The molecule has 0 aliphatic carbocycles. The van der Waals surface area contributed by atoms with Crippen LogP contribution in [0.5, 0.6) is 0 Å². The number of hydrogen-bond donors (Lipinski definition) is 1. The number of halogens is 2. The monoisotopic (exact) mass is 443 g/mol. The lowest BCUT2D eigenvalue weighted by atomic mass is 9.85. The number of nitrogens with one attached hydrogen (secondary N) is 1. The van der Waals surface area contributed by atoms with Gasteiger partial charge in [-0.2, -0.15) is 0 Å². The Hall–Kier alpha value is -2.27. The molecule has 1 N–H and O–H groups in total. The molecule has 4 rings (SSSR count). The zero-order valence-electron chi connectivity index (χ0n) is 15.7. The number of fused-ring (bicyclic) bond motifs is 1. The Morgan fingerprint density at radius 3 is 1.93 bits per heavy atom. The van der Waals surface area contributed by atoms with Gasteiger partial charge in [0.25, 0.3) is 0 Å². The number of benzene rings is 3. The SMILES string of the molecule is CS(=O)(=O)Cc1cccc2c(C(c3ccc(Cl)cc3)c3ccc(Cl)cc3)c[nH]c12. The summed E-state index contributed by atoms with van der Waals surface area (Å²) in [6.45, 7) is 0. The van der Waals surface area contributed by atoms with Crippen LogP contribution in [0.15, 0.2) is 72.9 Å². The third kappa shape index (κ3) is 4.35. The van der Waals surface area contributed by atoms with Crippen LogP contribution in [0.2, 0.25) is 10.0 Å². The summed E-state index contributed by atoms with van der Waals surface area (Å²) in [4.78, 5) is 3.31. The van der Waals surface area contributed by atoms with E-state index in [0.717, 1.165) is 33.2 Å². The minimum Gasteiger partial charge on any atom is -0.361 e. The Bertz CT molecular complexity index is 1220. The molecule has 148 valence electrons. The number of aromatic amines is 1. The Labute approximate surface area is 180 Å². The van der Waals surface area contributed by atoms with Gasteiger partial charge in [0.05, 0.1) is 5.75 Å². The maximum Gasteiger partial charge on any atom is 0.151 e. The number of H-pyrrole nitrogens is 1. The summed E-state index contributed by atoms with van der Waals surface area (Å²) in [7, 11) is -3.14. The molecule has 0 saturated carbocycles. The second kappa shape index (κ2) is 7.86. The number of para-hydroxylation sites is 1. The summed E-state index contributed by atoms with van der Waals surface area (Å²) in [5, 5.41) is 2.36. The molecule has 3 aromatic carbocycles. The average Bonchev–Trinajstić information content (AvgIpc) is 3.09. The lowest BCUT2D eigenvalue weighted by Gasteiger charge is -2.18. The standard InChI is InChI=1S/C23H19Cl2NO2S/c1-29(27,28)14-17-3-2-4-20-21(13-26-23(17)20)22(15-5-9-18(24)10-6-15)16-7-11-19(25)12-8-16/h2-13,22,26H,14H2,1H3. The van der Waals surface area contributed by atoms with Crippen molar-refractivity contribution in [1.29, 1.82) is 0 Å². The second-order valence-electron chi connectivity index (χ2n) is 7.19. The van der Waals surface area contributed by atoms with E-state index < -0.39 is 9.84 Å². The molecule has 0 radical (unpaired) electrons. The molecule has 4 aromatic rings. The highest BCUT2D eigenvalue weighted by atomic mass is 35.5. The lowest BCUT2D eigenvalue weighted by Crippen LogP contribution is -2.03. The van der Waals surface area contributed by atoms with Crippen molar-refractivity contribution in [1.82, 2.24) is 4.98 Å². The molecule has 1 heterocycles. The van der Waals surface area contributed by atoms with Crippen molar-refractivity contribution < 1.29 is 8.42 Å². The van der Waals surface area contributed by atoms with Crippen LogP contribution in [0.3, 0.4) is 0 Å². The van der Waals surface area contributed by atoms with Gasteiger partial charge < -0.3 is 4.98 Å². The number of aromatic nitrogens is 1. The molecular formula is C23H19Cl2NO2S. The molecule has 0 spiro atoms. The summed E-state index contributed by atoms with van der Waals surface area (Å²) in [6.07, 6.45) is 3.21. The minimum atomic E-state index is -3.14. The first-order valence-electron chi connectivity index (χ1n) is 9.09. The molecule has 3 nitrogen and oxygen atoms in total. The van der Waals surface area contributed by atoms with Crippen molar-refractivity contribution >= 4 is 43.9 Å². The lowest BCUT2D eigenvalue weighted by molar-refractivity contribution is 0.601. The van der Waals surface area contributed by atoms with Crippen molar-refractivity contribution in [3.8, 4) is 0 Å². The van der Waals surface area contributed by atoms with Crippen LogP contribution < -0.4 is 0 Å². The summed E-state index contributed by atoms with van der Waals surface area (Å²) in [5.74, 6) is -0.0524. The number of sulfone groups is 1. The summed E-state index contributed by atoms with van der Waals surface area (Å²) >= 11 is 12.2. The van der Waals surface area contributed by atoms with Crippen LogP contribution in [-0.2, 0) is 15.6 Å². The van der Waals surface area contributed by atoms with E-state index in [4.69, 9.17) is 23.2 Å². The molecule has 1 aromatic heterocycles. The van der Waals surface area contributed by atoms with Gasteiger partial charge in [-0.3, -0.25) is 0 Å². The van der Waals surface area contributed by atoms with Crippen LogP contribution >= 0.6 is 23.2 Å². The maximum absolute atomic E-state index is 11.9. The van der Waals surface area contributed by atoms with Crippen molar-refractivity contribution in [3.05, 3.63) is 105 Å². The first-order valence-corrected chi connectivity index (χ1v) is 11.9. The van der Waals surface area contributed by atoms with Crippen molar-refractivity contribution in [2.45, 2.75) is 11.7 Å². The molecule has 29 heavy (non-hydrogen) atoms. The largest absolute Gasteiger partial charge is 0.361 e. The summed E-state index contributed by atoms with van der Waals surface area (Å²) < 4.78 is 23.7. The molecule has 0 atom stereocenters. The Kier molecular flexibility index (Phi) is 5.43. The number of rotatable bonds is 5. The van der Waals surface area contributed by atoms with Crippen LogP contribution in [0, 0.1) is 0 Å². The second-order valence-corrected chi connectivity index (χ2v) is 10.2. The van der Waals surface area contributed by atoms with E-state index >= 15 is 0 Å². The van der Waals surface area contributed by atoms with E-state index in [2.05, 4.69) is 4.98 Å². The van der Waals surface area contributed by atoms with Gasteiger partial charge in [-0.15, -0.1) is 0 Å². The van der Waals surface area contributed by atoms with E-state index in [1.165, 1.54) is 6.26 Å². The molecule has 0 unspecified atom stereocenters. The summed E-state index contributed by atoms with van der Waals surface area (Å²) in [5.41, 5.74) is 4.86. The van der Waals surface area contributed by atoms with Crippen LogP contribution in [0.1, 0.15) is 28.2 Å². The zero-order valence-corrected chi connectivity index (χ0v) is 18.0. The van der Waals surface area contributed by atoms with Gasteiger partial charge in [-0.25, -0.2) is 8.42 Å². The van der Waals surface area contributed by atoms with Crippen LogP contribution in [0.4, 0.5) is 0 Å². The van der Waals surface area contributed by atoms with E-state index in [1.54, 1.807) is 0 Å². The van der Waals surface area contributed by atoms with Crippen molar-refractivity contribution in [3.63, 3.8) is 0 Å². The van der Waals surface area contributed by atoms with Crippen molar-refractivity contribution in [2.24, 2.45) is 0 Å². The highest BCUT2D eigenvalue weighted by Gasteiger charge is 2.21. The highest BCUT2D eigenvalue weighted by molar-refractivity contribution is 7.89. The predicted octanol–water partition coefficient (Wildman–Crippen LogP) is 6.20. The van der Waals surface area contributed by atoms with E-state index in [9.17, 15) is 8.42 Å². The van der Waals surface area contributed by atoms with Crippen LogP contribution in [-0.4, -0.2) is 19.7 Å². The van der Waals surface area contributed by atoms with Crippen LogP contribution in [0.25, 0.3) is 10.9 Å². The first kappa shape index (κ1) is 20.0. The predicted molar refractivity (Wildman–Crippen MR) is 121 cm³/mol. The van der Waals surface area contributed by atoms with Gasteiger partial charge >= 0.3 is 0 Å². The average molecular weight is 444 g/mol. The molecule has 0 saturated heterocycles. The smallest absolute Gasteiger partial charge is 0.151 e. The third-order valence-corrected chi connectivity index (χ3v) is 6.31. The molecule has 0 aliphatic heterocycles. The van der Waals surface area contributed by atoms with E-state index in [-0.39, 0.29) is 11.7 Å². The Morgan fingerprint density at radius 2 is 1.41 bits per heavy atom. The van der Waals surface area contributed by atoms with Gasteiger partial charge in [0, 0.05) is 39.3 Å². The zero-order chi connectivity index (χ0) is 20.6. The van der Waals surface area contributed by atoms with Crippen molar-refractivity contribution in [2.75, 3.05) is 6.26 Å². The van der Waals surface area contributed by atoms with Gasteiger partial charge in [0.1, 0.15) is 0 Å². The molecule has 0 aliphatic rings. The molecule has 0 amide bonds. The van der Waals surface area contributed by atoms with Gasteiger partial charge in [0.15, 0.2) is 9.84 Å². The fourth-order valence-corrected chi connectivity index (χ4v) is 4.80. The molecular weight excluding hydrogens is 425 g/mol. The summed E-state index contributed by atoms with van der Waals surface area (Å²) in [6, 6.07) is 21.3. The van der Waals surface area contributed by atoms with Gasteiger partial charge in [-0.05, 0) is 46.5 Å². The Balaban J connectivity index is 1.91. The number of hydrogen-bond acceptors (Lipinski definition) is 2. The minimum absolute atomic E-state index is 0.00313. The van der Waals surface area contributed by atoms with E-state index in [0.29, 0.717) is 10.0 Å². The molecule has 6 heteroatoms. The fourth-order valence-electron chi connectivity index (χ4n) is 3.74. The molecule has 0 bridgehead atoms. The third-order valence-electron chi connectivity index (χ3n) is 4.97. The quantitative estimate of drug-likeness (QED) is 0.399. The normalized spacial score (nSPS) is 12.0. The highest BCUT2D eigenvalue weighted by Crippen LogP contribution is 2.38. The van der Waals surface area contributed by atoms with Gasteiger partial charge in [-0.1, -0.05) is 65.7 Å².